The Balaban J connectivity index is 1.87. The van der Waals surface area contributed by atoms with Gasteiger partial charge in [-0.2, -0.15) is 0 Å². The van der Waals surface area contributed by atoms with Crippen LogP contribution in [0.2, 0.25) is 0 Å². The van der Waals surface area contributed by atoms with Gasteiger partial charge in [-0.3, -0.25) is 4.90 Å². The third-order valence-electron chi connectivity index (χ3n) is 3.32. The second kappa shape index (κ2) is 7.61. The standard InChI is InChI=1S/C14H19BrN2O3/c15-13-11-20-9-8-16(13)6-7-17(14(18)19)10-12-4-2-1-3-5-12/h1-5,13H,6-11H2,(H,18,19). The lowest BCUT2D eigenvalue weighted by atomic mass is 10.2. The fraction of sp³-hybridized carbons (Fsp3) is 0.500. The Bertz CT molecular complexity index is 430. The van der Waals surface area contributed by atoms with Crippen molar-refractivity contribution < 1.29 is 14.6 Å². The first kappa shape index (κ1) is 15.3. The molecule has 1 amide bonds. The van der Waals surface area contributed by atoms with E-state index in [1.165, 1.54) is 4.90 Å². The molecule has 5 nitrogen and oxygen atoms in total. The van der Waals surface area contributed by atoms with E-state index in [1.54, 1.807) is 0 Å². The van der Waals surface area contributed by atoms with Gasteiger partial charge < -0.3 is 14.7 Å². The quantitative estimate of drug-likeness (QED) is 0.658. The van der Waals surface area contributed by atoms with Crippen LogP contribution >= 0.6 is 15.9 Å². The molecular formula is C14H19BrN2O3. The van der Waals surface area contributed by atoms with Crippen molar-refractivity contribution in [1.29, 1.82) is 0 Å². The molecule has 1 heterocycles. The summed E-state index contributed by atoms with van der Waals surface area (Å²) in [5.41, 5.74) is 1.01. The highest BCUT2D eigenvalue weighted by atomic mass is 79.9. The summed E-state index contributed by atoms with van der Waals surface area (Å²) in [7, 11) is 0. The Morgan fingerprint density at radius 2 is 2.20 bits per heavy atom. The number of ether oxygens (including phenoxy) is 1. The predicted molar refractivity (Wildman–Crippen MR) is 80.0 cm³/mol. The maximum atomic E-state index is 11.3. The van der Waals surface area contributed by atoms with Crippen LogP contribution in [0.5, 0.6) is 0 Å². The summed E-state index contributed by atoms with van der Waals surface area (Å²) in [5, 5.41) is 9.30. The van der Waals surface area contributed by atoms with Crippen molar-refractivity contribution >= 4 is 22.0 Å². The molecule has 0 bridgehead atoms. The maximum absolute atomic E-state index is 11.3. The van der Waals surface area contributed by atoms with Crippen molar-refractivity contribution in [3.63, 3.8) is 0 Å². The molecule has 0 aliphatic carbocycles. The van der Waals surface area contributed by atoms with Crippen molar-refractivity contribution in [2.24, 2.45) is 0 Å². The summed E-state index contributed by atoms with van der Waals surface area (Å²) in [6.45, 7) is 3.80. The lowest BCUT2D eigenvalue weighted by molar-refractivity contribution is 0.0230. The van der Waals surface area contributed by atoms with Crippen molar-refractivity contribution in [3.05, 3.63) is 35.9 Å². The molecule has 2 rings (SSSR count). The average molecular weight is 343 g/mol. The fourth-order valence-corrected chi connectivity index (χ4v) is 2.75. The highest BCUT2D eigenvalue weighted by molar-refractivity contribution is 9.09. The van der Waals surface area contributed by atoms with E-state index in [-0.39, 0.29) is 4.95 Å². The van der Waals surface area contributed by atoms with Crippen molar-refractivity contribution in [2.75, 3.05) is 32.8 Å². The predicted octanol–water partition coefficient (Wildman–Crippen LogP) is 2.22. The van der Waals surface area contributed by atoms with Crippen LogP contribution in [0.25, 0.3) is 0 Å². The molecule has 1 aromatic rings. The first-order chi connectivity index (χ1) is 9.66. The summed E-state index contributed by atoms with van der Waals surface area (Å²) in [5.74, 6) is 0. The number of benzene rings is 1. The van der Waals surface area contributed by atoms with Crippen LogP contribution in [0.15, 0.2) is 30.3 Å². The Morgan fingerprint density at radius 3 is 2.85 bits per heavy atom. The highest BCUT2D eigenvalue weighted by Crippen LogP contribution is 2.13. The molecule has 1 unspecified atom stereocenters. The van der Waals surface area contributed by atoms with E-state index in [9.17, 15) is 9.90 Å². The van der Waals surface area contributed by atoms with Crippen molar-refractivity contribution in [2.45, 2.75) is 11.5 Å². The van der Waals surface area contributed by atoms with Crippen molar-refractivity contribution in [1.82, 2.24) is 9.80 Å². The van der Waals surface area contributed by atoms with Gasteiger partial charge >= 0.3 is 6.09 Å². The molecule has 20 heavy (non-hydrogen) atoms. The number of alkyl halides is 1. The monoisotopic (exact) mass is 342 g/mol. The number of amides is 1. The van der Waals surface area contributed by atoms with Crippen LogP contribution in [-0.4, -0.2) is 58.8 Å². The average Bonchev–Trinajstić information content (AvgIpc) is 2.46. The zero-order valence-electron chi connectivity index (χ0n) is 11.2. The fourth-order valence-electron chi connectivity index (χ4n) is 2.16. The number of hydrogen-bond donors (Lipinski definition) is 1. The summed E-state index contributed by atoms with van der Waals surface area (Å²) >= 11 is 3.54. The first-order valence-corrected chi connectivity index (χ1v) is 7.56. The molecule has 1 fully saturated rings. The lowest BCUT2D eigenvalue weighted by Gasteiger charge is -2.33. The van der Waals surface area contributed by atoms with Gasteiger partial charge in [0.05, 0.1) is 18.2 Å². The van der Waals surface area contributed by atoms with E-state index in [2.05, 4.69) is 20.8 Å². The van der Waals surface area contributed by atoms with Crippen LogP contribution in [0, 0.1) is 0 Å². The molecule has 1 aliphatic heterocycles. The van der Waals surface area contributed by atoms with Crippen LogP contribution in [0.4, 0.5) is 4.79 Å². The molecule has 110 valence electrons. The van der Waals surface area contributed by atoms with Gasteiger partial charge in [0.2, 0.25) is 0 Å². The minimum Gasteiger partial charge on any atom is -0.465 e. The molecule has 1 aliphatic rings. The first-order valence-electron chi connectivity index (χ1n) is 6.64. The number of nitrogens with zero attached hydrogens (tertiary/aromatic N) is 2. The number of halogens is 1. The van der Waals surface area contributed by atoms with Gasteiger partial charge in [-0.25, -0.2) is 4.79 Å². The zero-order valence-corrected chi connectivity index (χ0v) is 12.8. The number of carboxylic acid groups (broad SMARTS) is 1. The van der Waals surface area contributed by atoms with Crippen molar-refractivity contribution in [3.8, 4) is 0 Å². The summed E-state index contributed by atoms with van der Waals surface area (Å²) in [4.78, 5) is 15.1. The number of morpholine rings is 1. The zero-order chi connectivity index (χ0) is 14.4. The van der Waals surface area contributed by atoms with Gasteiger partial charge in [0.1, 0.15) is 0 Å². The molecule has 1 atom stereocenters. The van der Waals surface area contributed by atoms with E-state index in [0.717, 1.165) is 12.1 Å². The molecular weight excluding hydrogens is 324 g/mol. The van der Waals surface area contributed by atoms with Gasteiger partial charge in [0.25, 0.3) is 0 Å². The molecule has 1 N–H and O–H groups in total. The third kappa shape index (κ3) is 4.47. The van der Waals surface area contributed by atoms with Crippen LogP contribution in [-0.2, 0) is 11.3 Å². The maximum Gasteiger partial charge on any atom is 0.407 e. The Kier molecular flexibility index (Phi) is 5.82. The third-order valence-corrected chi connectivity index (χ3v) is 4.16. The largest absolute Gasteiger partial charge is 0.465 e. The summed E-state index contributed by atoms with van der Waals surface area (Å²) in [6.07, 6.45) is -0.881. The number of hydrogen-bond acceptors (Lipinski definition) is 3. The number of rotatable bonds is 5. The second-order valence-electron chi connectivity index (χ2n) is 4.74. The summed E-state index contributed by atoms with van der Waals surface area (Å²) < 4.78 is 5.34. The molecule has 1 aromatic carbocycles. The van der Waals surface area contributed by atoms with Crippen LogP contribution in [0.3, 0.4) is 0 Å². The van der Waals surface area contributed by atoms with E-state index in [0.29, 0.717) is 32.8 Å². The lowest BCUT2D eigenvalue weighted by Crippen LogP contribution is -2.46. The molecule has 1 saturated heterocycles. The smallest absolute Gasteiger partial charge is 0.407 e. The van der Waals surface area contributed by atoms with E-state index in [1.807, 2.05) is 30.3 Å². The van der Waals surface area contributed by atoms with Gasteiger partial charge in [0.15, 0.2) is 0 Å². The van der Waals surface area contributed by atoms with Crippen LogP contribution in [0.1, 0.15) is 5.56 Å². The molecule has 0 radical (unpaired) electrons. The Morgan fingerprint density at radius 1 is 1.45 bits per heavy atom. The van der Waals surface area contributed by atoms with Gasteiger partial charge in [0, 0.05) is 26.2 Å². The minimum absolute atomic E-state index is 0.170. The Hall–Kier alpha value is -1.11. The van der Waals surface area contributed by atoms with Gasteiger partial charge in [-0.1, -0.05) is 46.3 Å². The normalized spacial score (nSPS) is 19.8. The highest BCUT2D eigenvalue weighted by Gasteiger charge is 2.21. The number of carbonyl (C=O) groups is 1. The van der Waals surface area contributed by atoms with Gasteiger partial charge in [-0.05, 0) is 5.56 Å². The van der Waals surface area contributed by atoms with Gasteiger partial charge in [-0.15, -0.1) is 0 Å². The second-order valence-corrected chi connectivity index (χ2v) is 5.79. The van der Waals surface area contributed by atoms with Crippen LogP contribution < -0.4 is 0 Å². The topological polar surface area (TPSA) is 53.0 Å². The molecule has 0 aromatic heterocycles. The molecule has 6 heteroatoms. The molecule has 0 saturated carbocycles. The molecule has 0 spiro atoms. The van der Waals surface area contributed by atoms with E-state index in [4.69, 9.17) is 4.74 Å². The minimum atomic E-state index is -0.881. The summed E-state index contributed by atoms with van der Waals surface area (Å²) in [6, 6.07) is 9.66. The van der Waals surface area contributed by atoms with E-state index < -0.39 is 6.09 Å². The Labute approximate surface area is 127 Å². The van der Waals surface area contributed by atoms with E-state index >= 15 is 0 Å². The SMILES string of the molecule is O=C(O)N(CCN1CCOCC1Br)Cc1ccccc1.